The van der Waals surface area contributed by atoms with Gasteiger partial charge >= 0.3 is 0 Å². The average Bonchev–Trinajstić information content (AvgIpc) is 3.01. The summed E-state index contributed by atoms with van der Waals surface area (Å²) in [7, 11) is 0. The molecule has 0 spiro atoms. The van der Waals surface area contributed by atoms with E-state index in [1.807, 2.05) is 17.0 Å². The summed E-state index contributed by atoms with van der Waals surface area (Å²) in [5.41, 5.74) is 6.06. The second-order valence-corrected chi connectivity index (χ2v) is 8.29. The molecule has 2 heterocycles. The van der Waals surface area contributed by atoms with Gasteiger partial charge in [-0.15, -0.1) is 0 Å². The maximum Gasteiger partial charge on any atom is 0.239 e. The number of thioether (sulfide) groups is 1. The van der Waals surface area contributed by atoms with E-state index in [1.54, 1.807) is 11.8 Å². The largest absolute Gasteiger partial charge is 0.279 e. The van der Waals surface area contributed by atoms with E-state index in [-0.39, 0.29) is 11.9 Å². The zero-order chi connectivity index (χ0) is 17.0. The van der Waals surface area contributed by atoms with Crippen molar-refractivity contribution in [1.29, 1.82) is 0 Å². The molecule has 5 rings (SSSR count). The lowest BCUT2D eigenvalue weighted by atomic mass is 9.82. The SMILES string of the molecule is O=C1CSC2=NC3=C(CCc4ccccc43)[C@@H](c3ccc(Br)cc3)N12. The van der Waals surface area contributed by atoms with E-state index in [9.17, 15) is 4.79 Å². The highest BCUT2D eigenvalue weighted by Gasteiger charge is 2.42. The van der Waals surface area contributed by atoms with Crippen LogP contribution in [-0.2, 0) is 11.2 Å². The molecule has 124 valence electrons. The average molecular weight is 411 g/mol. The van der Waals surface area contributed by atoms with Gasteiger partial charge in [0.25, 0.3) is 0 Å². The van der Waals surface area contributed by atoms with Crippen LogP contribution in [0.15, 0.2) is 63.6 Å². The Bertz CT molecular complexity index is 948. The number of aliphatic imine (C=N–C) groups is 1. The van der Waals surface area contributed by atoms with Crippen LogP contribution in [0.2, 0.25) is 0 Å². The number of halogens is 1. The normalized spacial score (nSPS) is 21.6. The molecule has 0 saturated carbocycles. The molecule has 0 unspecified atom stereocenters. The number of rotatable bonds is 1. The molecule has 0 radical (unpaired) electrons. The Balaban J connectivity index is 1.73. The second kappa shape index (κ2) is 5.85. The number of amides is 1. The number of carbonyl (C=O) groups excluding carboxylic acids is 1. The zero-order valence-electron chi connectivity index (χ0n) is 13.4. The molecule has 2 aliphatic heterocycles. The molecule has 25 heavy (non-hydrogen) atoms. The molecule has 3 nitrogen and oxygen atoms in total. The number of aryl methyl sites for hydroxylation is 1. The van der Waals surface area contributed by atoms with Crippen molar-refractivity contribution in [3.05, 3.63) is 75.3 Å². The lowest BCUT2D eigenvalue weighted by molar-refractivity contribution is -0.125. The van der Waals surface area contributed by atoms with Gasteiger partial charge in [-0.1, -0.05) is 64.1 Å². The summed E-state index contributed by atoms with van der Waals surface area (Å²) in [6, 6.07) is 16.8. The van der Waals surface area contributed by atoms with Gasteiger partial charge < -0.3 is 0 Å². The number of hydrogen-bond acceptors (Lipinski definition) is 3. The van der Waals surface area contributed by atoms with Gasteiger partial charge in [0.1, 0.15) is 0 Å². The van der Waals surface area contributed by atoms with Crippen molar-refractivity contribution in [3.8, 4) is 0 Å². The van der Waals surface area contributed by atoms with Gasteiger partial charge in [0, 0.05) is 10.0 Å². The fraction of sp³-hybridized carbons (Fsp3) is 0.200. The Kier molecular flexibility index (Phi) is 3.61. The highest BCUT2D eigenvalue weighted by Crippen LogP contribution is 2.47. The van der Waals surface area contributed by atoms with Crippen molar-refractivity contribution < 1.29 is 4.79 Å². The molecule has 5 heteroatoms. The summed E-state index contributed by atoms with van der Waals surface area (Å²) < 4.78 is 1.05. The summed E-state index contributed by atoms with van der Waals surface area (Å²) in [4.78, 5) is 19.4. The maximum absolute atomic E-state index is 12.6. The molecule has 1 fully saturated rings. The lowest BCUT2D eigenvalue weighted by Gasteiger charge is -2.37. The molecule has 2 aromatic carbocycles. The van der Waals surface area contributed by atoms with E-state index in [4.69, 9.17) is 4.99 Å². The first-order chi connectivity index (χ1) is 12.2. The van der Waals surface area contributed by atoms with E-state index in [1.165, 1.54) is 16.7 Å². The number of amidine groups is 1. The van der Waals surface area contributed by atoms with Gasteiger partial charge in [0.2, 0.25) is 5.91 Å². The molecule has 1 saturated heterocycles. The Morgan fingerprint density at radius 3 is 2.72 bits per heavy atom. The third-order valence-electron chi connectivity index (χ3n) is 5.02. The van der Waals surface area contributed by atoms with Crippen molar-refractivity contribution >= 4 is 44.5 Å². The third kappa shape index (κ3) is 2.41. The van der Waals surface area contributed by atoms with Gasteiger partial charge in [-0.3, -0.25) is 9.69 Å². The first-order valence-electron chi connectivity index (χ1n) is 8.33. The highest BCUT2D eigenvalue weighted by atomic mass is 79.9. The predicted octanol–water partition coefficient (Wildman–Crippen LogP) is 4.79. The summed E-state index contributed by atoms with van der Waals surface area (Å²) in [6.07, 6.45) is 1.94. The van der Waals surface area contributed by atoms with Crippen molar-refractivity contribution in [1.82, 2.24) is 4.90 Å². The summed E-state index contributed by atoms with van der Waals surface area (Å²) >= 11 is 5.06. The molecule has 0 bridgehead atoms. The van der Waals surface area contributed by atoms with E-state index < -0.39 is 0 Å². The fourth-order valence-electron chi connectivity index (χ4n) is 3.89. The van der Waals surface area contributed by atoms with Crippen molar-refractivity contribution in [2.45, 2.75) is 18.9 Å². The molecule has 0 N–H and O–H groups in total. The van der Waals surface area contributed by atoms with Crippen LogP contribution in [0.1, 0.15) is 29.2 Å². The molecule has 2 aromatic rings. The molecule has 0 aromatic heterocycles. The maximum atomic E-state index is 12.6. The number of hydrogen-bond donors (Lipinski definition) is 0. The summed E-state index contributed by atoms with van der Waals surface area (Å²) in [5, 5.41) is 0.841. The zero-order valence-corrected chi connectivity index (χ0v) is 15.8. The van der Waals surface area contributed by atoms with Gasteiger partial charge in [0.15, 0.2) is 5.17 Å². The Morgan fingerprint density at radius 1 is 1.08 bits per heavy atom. The van der Waals surface area contributed by atoms with E-state index in [0.717, 1.165) is 33.7 Å². The topological polar surface area (TPSA) is 32.7 Å². The molecule has 1 aliphatic carbocycles. The van der Waals surface area contributed by atoms with Crippen molar-refractivity contribution in [2.24, 2.45) is 4.99 Å². The molecule has 1 amide bonds. The first kappa shape index (κ1) is 15.4. The summed E-state index contributed by atoms with van der Waals surface area (Å²) in [6.45, 7) is 0. The molecule has 1 atom stereocenters. The van der Waals surface area contributed by atoms with E-state index in [2.05, 4.69) is 52.3 Å². The minimum atomic E-state index is -0.0357. The first-order valence-corrected chi connectivity index (χ1v) is 10.1. The second-order valence-electron chi connectivity index (χ2n) is 6.43. The Hall–Kier alpha value is -1.85. The van der Waals surface area contributed by atoms with E-state index >= 15 is 0 Å². The quantitative estimate of drug-likeness (QED) is 0.676. The van der Waals surface area contributed by atoms with Gasteiger partial charge in [-0.25, -0.2) is 4.99 Å². The number of fused-ring (bicyclic) bond motifs is 3. The van der Waals surface area contributed by atoms with Crippen LogP contribution in [0, 0.1) is 0 Å². The lowest BCUT2D eigenvalue weighted by Crippen LogP contribution is -2.38. The number of nitrogens with zero attached hydrogens (tertiary/aromatic N) is 2. The monoisotopic (exact) mass is 410 g/mol. The molecule has 3 aliphatic rings. The fourth-order valence-corrected chi connectivity index (χ4v) is 5.05. The van der Waals surface area contributed by atoms with Crippen LogP contribution < -0.4 is 0 Å². The van der Waals surface area contributed by atoms with Crippen LogP contribution in [-0.4, -0.2) is 21.7 Å². The minimum absolute atomic E-state index is 0.0357. The number of carbonyl (C=O) groups is 1. The molecular weight excluding hydrogens is 396 g/mol. The highest BCUT2D eigenvalue weighted by molar-refractivity contribution is 9.10. The Morgan fingerprint density at radius 2 is 1.88 bits per heavy atom. The smallest absolute Gasteiger partial charge is 0.239 e. The van der Waals surface area contributed by atoms with Crippen molar-refractivity contribution in [3.63, 3.8) is 0 Å². The summed E-state index contributed by atoms with van der Waals surface area (Å²) in [5.74, 6) is 0.635. The van der Waals surface area contributed by atoms with Gasteiger partial charge in [0.05, 0.1) is 17.5 Å². The minimum Gasteiger partial charge on any atom is -0.279 e. The van der Waals surface area contributed by atoms with Crippen molar-refractivity contribution in [2.75, 3.05) is 5.75 Å². The van der Waals surface area contributed by atoms with Crippen LogP contribution in [0.5, 0.6) is 0 Å². The van der Waals surface area contributed by atoms with Gasteiger partial charge in [-0.2, -0.15) is 0 Å². The molecular formula is C20H15BrN2OS. The van der Waals surface area contributed by atoms with Crippen LogP contribution in [0.4, 0.5) is 0 Å². The third-order valence-corrected chi connectivity index (χ3v) is 6.49. The van der Waals surface area contributed by atoms with Crippen LogP contribution in [0.3, 0.4) is 0 Å². The van der Waals surface area contributed by atoms with E-state index in [0.29, 0.717) is 5.75 Å². The Labute approximate surface area is 159 Å². The van der Waals surface area contributed by atoms with Gasteiger partial charge in [-0.05, 0) is 41.7 Å². The van der Waals surface area contributed by atoms with Crippen LogP contribution >= 0.6 is 27.7 Å². The number of benzene rings is 2. The predicted molar refractivity (Wildman–Crippen MR) is 105 cm³/mol. The standard InChI is InChI=1S/C20H15BrN2OS/c21-14-8-5-13(6-9-14)19-16-10-7-12-3-1-2-4-15(12)18(16)22-20-23(19)17(24)11-25-20/h1-6,8-9,19H,7,10-11H2/t19-/m1/s1. The van der Waals surface area contributed by atoms with Crippen LogP contribution in [0.25, 0.3) is 5.70 Å².